The van der Waals surface area contributed by atoms with Crippen molar-refractivity contribution in [3.8, 4) is 0 Å². The van der Waals surface area contributed by atoms with E-state index in [1.165, 1.54) is 6.42 Å². The first-order valence-electron chi connectivity index (χ1n) is 1.71. The van der Waals surface area contributed by atoms with Crippen LogP contribution in [0.1, 0.15) is 19.8 Å². The van der Waals surface area contributed by atoms with Gasteiger partial charge in [-0.3, -0.25) is 0 Å². The summed E-state index contributed by atoms with van der Waals surface area (Å²) >= 11 is 0. The van der Waals surface area contributed by atoms with Crippen molar-refractivity contribution >= 4 is 0 Å². The van der Waals surface area contributed by atoms with Gasteiger partial charge < -0.3 is 6.92 Å². The molecule has 0 aromatic carbocycles. The van der Waals surface area contributed by atoms with Crippen LogP contribution in [-0.4, -0.2) is 0 Å². The first kappa shape index (κ1) is 9.10. The van der Waals surface area contributed by atoms with Gasteiger partial charge in [-0.1, -0.05) is 13.3 Å². The van der Waals surface area contributed by atoms with Gasteiger partial charge in [-0.05, 0) is 0 Å². The Morgan fingerprint density at radius 2 is 1.80 bits per heavy atom. The first-order valence-corrected chi connectivity index (χ1v) is 1.71. The normalized spacial score (nSPS) is 6.00. The van der Waals surface area contributed by atoms with E-state index in [1.54, 1.807) is 0 Å². The van der Waals surface area contributed by atoms with Gasteiger partial charge in [-0.25, -0.2) is 0 Å². The number of rotatable bonds is 1. The molecule has 5 heavy (non-hydrogen) atoms. The van der Waals surface area contributed by atoms with Crippen molar-refractivity contribution < 1.29 is 17.1 Å². The van der Waals surface area contributed by atoms with Gasteiger partial charge in [0.25, 0.3) is 0 Å². The molecule has 1 heteroatoms. The average Bonchev–Trinajstić information content (AvgIpc) is 1.37. The molecule has 0 rings (SSSR count). The van der Waals surface area contributed by atoms with E-state index in [0.717, 1.165) is 6.42 Å². The van der Waals surface area contributed by atoms with E-state index in [1.807, 2.05) is 0 Å². The Balaban J connectivity index is 0. The molecular formula is C4H9Fe-. The Morgan fingerprint density at radius 3 is 1.80 bits per heavy atom. The largest absolute Gasteiger partial charge is 0.343 e. The first-order chi connectivity index (χ1) is 1.91. The average molecular weight is 113 g/mol. The van der Waals surface area contributed by atoms with E-state index >= 15 is 0 Å². The van der Waals surface area contributed by atoms with Crippen LogP contribution in [0, 0.1) is 6.92 Å². The van der Waals surface area contributed by atoms with Gasteiger partial charge in [0, 0.05) is 17.1 Å². The topological polar surface area (TPSA) is 0 Å². The van der Waals surface area contributed by atoms with E-state index in [-0.39, 0.29) is 17.1 Å². The van der Waals surface area contributed by atoms with Crippen molar-refractivity contribution in [1.82, 2.24) is 0 Å². The summed E-state index contributed by atoms with van der Waals surface area (Å²) in [5.74, 6) is 0. The predicted molar refractivity (Wildman–Crippen MR) is 20.3 cm³/mol. The van der Waals surface area contributed by atoms with Crippen LogP contribution in [0.3, 0.4) is 0 Å². The summed E-state index contributed by atoms with van der Waals surface area (Å²) in [4.78, 5) is 0. The van der Waals surface area contributed by atoms with Crippen molar-refractivity contribution in [2.45, 2.75) is 19.8 Å². The molecule has 0 spiro atoms. The molecule has 34 valence electrons. The SMILES string of the molecule is [CH2-]CCC.[Fe]. The van der Waals surface area contributed by atoms with E-state index in [0.29, 0.717) is 0 Å². The van der Waals surface area contributed by atoms with Crippen LogP contribution in [0.4, 0.5) is 0 Å². The summed E-state index contributed by atoms with van der Waals surface area (Å²) in [7, 11) is 0. The molecule has 0 radical (unpaired) electrons. The van der Waals surface area contributed by atoms with Crippen LogP contribution in [0.2, 0.25) is 0 Å². The third-order valence-corrected chi connectivity index (χ3v) is 0.354. The van der Waals surface area contributed by atoms with Gasteiger partial charge in [0.05, 0.1) is 0 Å². The van der Waals surface area contributed by atoms with Gasteiger partial charge in [0.15, 0.2) is 0 Å². The summed E-state index contributed by atoms with van der Waals surface area (Å²) in [5.41, 5.74) is 0. The Bertz CT molecular complexity index is 5.61. The van der Waals surface area contributed by atoms with Gasteiger partial charge in [-0.2, -0.15) is 6.42 Å². The zero-order chi connectivity index (χ0) is 3.41. The molecule has 0 aromatic rings. The smallest absolute Gasteiger partial charge is 0 e. The van der Waals surface area contributed by atoms with E-state index in [4.69, 9.17) is 0 Å². The molecule has 0 aliphatic heterocycles. The standard InChI is InChI=1S/C4H9.Fe/c1-3-4-2;/h1,3-4H2,2H3;/q-1;. The summed E-state index contributed by atoms with van der Waals surface area (Å²) < 4.78 is 0. The number of unbranched alkanes of at least 4 members (excludes halogenated alkanes) is 1. The summed E-state index contributed by atoms with van der Waals surface area (Å²) in [6.45, 7) is 5.72. The summed E-state index contributed by atoms with van der Waals surface area (Å²) in [6, 6.07) is 0. The number of hydrogen-bond donors (Lipinski definition) is 0. The van der Waals surface area contributed by atoms with Gasteiger partial charge >= 0.3 is 0 Å². The van der Waals surface area contributed by atoms with Crippen LogP contribution in [0.25, 0.3) is 0 Å². The van der Waals surface area contributed by atoms with Crippen molar-refractivity contribution in [1.29, 1.82) is 0 Å². The summed E-state index contributed by atoms with van der Waals surface area (Å²) in [5, 5.41) is 0. The molecule has 0 amide bonds. The van der Waals surface area contributed by atoms with Crippen LogP contribution in [-0.2, 0) is 17.1 Å². The van der Waals surface area contributed by atoms with Crippen molar-refractivity contribution in [2.24, 2.45) is 0 Å². The molecule has 0 aromatic heterocycles. The van der Waals surface area contributed by atoms with E-state index in [9.17, 15) is 0 Å². The molecule has 0 saturated heterocycles. The van der Waals surface area contributed by atoms with Crippen LogP contribution >= 0.6 is 0 Å². The Morgan fingerprint density at radius 1 is 1.60 bits per heavy atom. The molecule has 0 N–H and O–H groups in total. The fourth-order valence-corrected chi connectivity index (χ4v) is 0. The maximum absolute atomic E-state index is 3.60. The molecule has 0 heterocycles. The third kappa shape index (κ3) is 12.4. The van der Waals surface area contributed by atoms with Gasteiger partial charge in [-0.15, -0.1) is 0 Å². The molecular weight excluding hydrogens is 104 g/mol. The van der Waals surface area contributed by atoms with Crippen molar-refractivity contribution in [3.05, 3.63) is 6.92 Å². The molecule has 0 aliphatic rings. The minimum absolute atomic E-state index is 0. The molecule has 0 unspecified atom stereocenters. The molecule has 0 atom stereocenters. The maximum atomic E-state index is 3.60. The fraction of sp³-hybridized carbons (Fsp3) is 0.750. The van der Waals surface area contributed by atoms with Crippen LogP contribution < -0.4 is 0 Å². The third-order valence-electron chi connectivity index (χ3n) is 0.354. The van der Waals surface area contributed by atoms with Crippen molar-refractivity contribution in [3.63, 3.8) is 0 Å². The minimum atomic E-state index is 0. The molecule has 0 fully saturated rings. The molecule has 0 saturated carbocycles. The van der Waals surface area contributed by atoms with Crippen LogP contribution in [0.5, 0.6) is 0 Å². The Labute approximate surface area is 44.4 Å². The van der Waals surface area contributed by atoms with Gasteiger partial charge in [0.1, 0.15) is 0 Å². The summed E-state index contributed by atoms with van der Waals surface area (Å²) in [6.07, 6.45) is 2.28. The van der Waals surface area contributed by atoms with Crippen LogP contribution in [0.15, 0.2) is 0 Å². The fourth-order valence-electron chi connectivity index (χ4n) is 0. The Hall–Kier alpha value is 0.519. The van der Waals surface area contributed by atoms with E-state index in [2.05, 4.69) is 13.8 Å². The van der Waals surface area contributed by atoms with E-state index < -0.39 is 0 Å². The van der Waals surface area contributed by atoms with Crippen molar-refractivity contribution in [2.75, 3.05) is 0 Å². The molecule has 0 nitrogen and oxygen atoms in total. The number of hydrogen-bond acceptors (Lipinski definition) is 0. The van der Waals surface area contributed by atoms with Gasteiger partial charge in [0.2, 0.25) is 0 Å². The zero-order valence-electron chi connectivity index (χ0n) is 3.47. The monoisotopic (exact) mass is 113 g/mol. The second kappa shape index (κ2) is 8.82. The molecule has 0 aliphatic carbocycles. The zero-order valence-corrected chi connectivity index (χ0v) is 4.58. The maximum Gasteiger partial charge on any atom is 0 e. The second-order valence-electron chi connectivity index (χ2n) is 0.854. The quantitative estimate of drug-likeness (QED) is 0.358. The Kier molecular flexibility index (Phi) is 16.1. The predicted octanol–water partition coefficient (Wildman–Crippen LogP) is 1.62. The minimum Gasteiger partial charge on any atom is -0.343 e. The second-order valence-corrected chi connectivity index (χ2v) is 0.854. The molecule has 0 bridgehead atoms.